The van der Waals surface area contributed by atoms with Crippen LogP contribution in [-0.4, -0.2) is 23.1 Å². The van der Waals surface area contributed by atoms with Gasteiger partial charge in [-0.3, -0.25) is 4.79 Å². The van der Waals surface area contributed by atoms with E-state index in [1.54, 1.807) is 17.8 Å². The van der Waals surface area contributed by atoms with Crippen LogP contribution in [0.4, 0.5) is 0 Å². The molecule has 0 bridgehead atoms. The quantitative estimate of drug-likeness (QED) is 0.676. The highest BCUT2D eigenvalue weighted by molar-refractivity contribution is 8.00. The molecule has 1 aliphatic carbocycles. The van der Waals surface area contributed by atoms with Gasteiger partial charge in [-0.1, -0.05) is 0 Å². The van der Waals surface area contributed by atoms with E-state index in [2.05, 4.69) is 0 Å². The molecular weight excluding hydrogens is 256 g/mol. The first-order valence-corrected chi connectivity index (χ1v) is 7.31. The summed E-state index contributed by atoms with van der Waals surface area (Å²) in [6.45, 7) is 0. The summed E-state index contributed by atoms with van der Waals surface area (Å²) in [7, 11) is 0. The van der Waals surface area contributed by atoms with Crippen molar-refractivity contribution in [1.82, 2.24) is 0 Å². The highest BCUT2D eigenvalue weighted by Crippen LogP contribution is 2.39. The lowest BCUT2D eigenvalue weighted by Crippen LogP contribution is -2.09. The predicted molar refractivity (Wildman–Crippen MR) is 70.0 cm³/mol. The fourth-order valence-corrected chi connectivity index (χ4v) is 4.01. The van der Waals surface area contributed by atoms with Gasteiger partial charge in [-0.25, -0.2) is 4.79 Å². The third kappa shape index (κ3) is 2.45. The number of carboxylic acid groups (broad SMARTS) is 1. The summed E-state index contributed by atoms with van der Waals surface area (Å²) >= 11 is 3.07. The standard InChI is InChI=1S/C12H12O3S2/c1-16-12-11-7(3-2-4-8(11)13)9(17-12)5-6-10(14)15/h5-6H,2-4H2,1H3,(H,14,15)/b6-5+. The zero-order chi connectivity index (χ0) is 12.4. The number of carboxylic acids is 1. The van der Waals surface area contributed by atoms with Crippen molar-refractivity contribution in [2.24, 2.45) is 0 Å². The molecular formula is C12H12O3S2. The minimum atomic E-state index is -0.958. The van der Waals surface area contributed by atoms with Crippen molar-refractivity contribution in [3.8, 4) is 0 Å². The van der Waals surface area contributed by atoms with Gasteiger partial charge in [0.25, 0.3) is 0 Å². The molecule has 17 heavy (non-hydrogen) atoms. The third-order valence-electron chi connectivity index (χ3n) is 2.68. The first kappa shape index (κ1) is 12.4. The molecule has 3 nitrogen and oxygen atoms in total. The minimum Gasteiger partial charge on any atom is -0.478 e. The Morgan fingerprint density at radius 1 is 1.47 bits per heavy atom. The SMILES string of the molecule is CSc1sc(/C=C/C(=O)O)c2c1C(=O)CCC2. The third-order valence-corrected chi connectivity index (χ3v) is 4.99. The summed E-state index contributed by atoms with van der Waals surface area (Å²) in [6.07, 6.45) is 7.03. The Labute approximate surface area is 108 Å². The molecule has 1 heterocycles. The van der Waals surface area contributed by atoms with Crippen molar-refractivity contribution in [1.29, 1.82) is 0 Å². The number of rotatable bonds is 3. The summed E-state index contributed by atoms with van der Waals surface area (Å²) in [5.74, 6) is -0.762. The van der Waals surface area contributed by atoms with Crippen LogP contribution < -0.4 is 0 Å². The maximum atomic E-state index is 11.9. The topological polar surface area (TPSA) is 54.4 Å². The van der Waals surface area contributed by atoms with E-state index in [4.69, 9.17) is 5.11 Å². The van der Waals surface area contributed by atoms with Crippen molar-refractivity contribution in [2.75, 3.05) is 6.26 Å². The molecule has 0 fully saturated rings. The van der Waals surface area contributed by atoms with E-state index in [0.717, 1.165) is 39.1 Å². The van der Waals surface area contributed by atoms with E-state index in [9.17, 15) is 9.59 Å². The highest BCUT2D eigenvalue weighted by Gasteiger charge is 2.25. The van der Waals surface area contributed by atoms with Crippen LogP contribution in [0.15, 0.2) is 10.3 Å². The molecule has 0 unspecified atom stereocenters. The second-order valence-electron chi connectivity index (χ2n) is 3.76. The van der Waals surface area contributed by atoms with Crippen LogP contribution in [-0.2, 0) is 11.2 Å². The van der Waals surface area contributed by atoms with E-state index >= 15 is 0 Å². The molecule has 1 aliphatic rings. The maximum absolute atomic E-state index is 11.9. The lowest BCUT2D eigenvalue weighted by molar-refractivity contribution is -0.131. The molecule has 1 N–H and O–H groups in total. The zero-order valence-electron chi connectivity index (χ0n) is 9.36. The number of fused-ring (bicyclic) bond motifs is 1. The Morgan fingerprint density at radius 2 is 2.24 bits per heavy atom. The van der Waals surface area contributed by atoms with Crippen LogP contribution in [0.1, 0.15) is 33.6 Å². The van der Waals surface area contributed by atoms with Gasteiger partial charge in [-0.15, -0.1) is 23.1 Å². The number of thioether (sulfide) groups is 1. The normalized spacial score (nSPS) is 15.2. The van der Waals surface area contributed by atoms with Crippen LogP contribution >= 0.6 is 23.1 Å². The minimum absolute atomic E-state index is 0.196. The number of hydrogen-bond acceptors (Lipinski definition) is 4. The van der Waals surface area contributed by atoms with Gasteiger partial charge in [0, 0.05) is 22.9 Å². The largest absolute Gasteiger partial charge is 0.478 e. The molecule has 0 amide bonds. The molecule has 0 atom stereocenters. The summed E-state index contributed by atoms with van der Waals surface area (Å²) in [6, 6.07) is 0. The molecule has 0 aliphatic heterocycles. The first-order chi connectivity index (χ1) is 8.13. The lowest BCUT2D eigenvalue weighted by Gasteiger charge is -2.11. The van der Waals surface area contributed by atoms with E-state index in [0.29, 0.717) is 6.42 Å². The van der Waals surface area contributed by atoms with Crippen LogP contribution in [0.5, 0.6) is 0 Å². The Kier molecular flexibility index (Phi) is 3.69. The molecule has 0 saturated carbocycles. The van der Waals surface area contributed by atoms with Gasteiger partial charge in [-0.2, -0.15) is 0 Å². The van der Waals surface area contributed by atoms with Crippen molar-refractivity contribution < 1.29 is 14.7 Å². The maximum Gasteiger partial charge on any atom is 0.328 e. The second kappa shape index (κ2) is 5.06. The number of thiophene rings is 1. The summed E-state index contributed by atoms with van der Waals surface area (Å²) in [4.78, 5) is 23.3. The van der Waals surface area contributed by atoms with Crippen molar-refractivity contribution in [2.45, 2.75) is 23.5 Å². The number of carbonyl (C=O) groups is 2. The molecule has 1 aromatic rings. The fourth-order valence-electron chi connectivity index (χ4n) is 1.97. The number of hydrogen-bond donors (Lipinski definition) is 1. The molecule has 2 rings (SSSR count). The zero-order valence-corrected chi connectivity index (χ0v) is 11.0. The summed E-state index contributed by atoms with van der Waals surface area (Å²) < 4.78 is 1.01. The van der Waals surface area contributed by atoms with Gasteiger partial charge in [0.2, 0.25) is 0 Å². The Morgan fingerprint density at radius 3 is 2.88 bits per heavy atom. The average molecular weight is 268 g/mol. The Hall–Kier alpha value is -1.07. The van der Waals surface area contributed by atoms with Gasteiger partial charge < -0.3 is 5.11 Å². The van der Waals surface area contributed by atoms with Crippen molar-refractivity contribution in [3.63, 3.8) is 0 Å². The average Bonchev–Trinajstić information content (AvgIpc) is 2.66. The molecule has 0 radical (unpaired) electrons. The fraction of sp³-hybridized carbons (Fsp3) is 0.333. The monoisotopic (exact) mass is 268 g/mol. The van der Waals surface area contributed by atoms with Crippen molar-refractivity contribution in [3.05, 3.63) is 22.1 Å². The van der Waals surface area contributed by atoms with Crippen LogP contribution in [0, 0.1) is 0 Å². The first-order valence-electron chi connectivity index (χ1n) is 5.27. The van der Waals surface area contributed by atoms with E-state index in [1.165, 1.54) is 11.3 Å². The van der Waals surface area contributed by atoms with Gasteiger partial charge in [0.1, 0.15) is 0 Å². The molecule has 1 aromatic heterocycles. The second-order valence-corrected chi connectivity index (χ2v) is 5.89. The lowest BCUT2D eigenvalue weighted by atomic mass is 9.92. The number of carbonyl (C=O) groups excluding carboxylic acids is 1. The van der Waals surface area contributed by atoms with Gasteiger partial charge in [0.05, 0.1) is 4.21 Å². The van der Waals surface area contributed by atoms with E-state index in [1.807, 2.05) is 6.26 Å². The molecule has 5 heteroatoms. The van der Waals surface area contributed by atoms with Crippen molar-refractivity contribution >= 4 is 40.9 Å². The molecule has 0 aromatic carbocycles. The molecule has 0 spiro atoms. The number of ketones is 1. The van der Waals surface area contributed by atoms with Crippen LogP contribution in [0.3, 0.4) is 0 Å². The number of aliphatic carboxylic acids is 1. The van der Waals surface area contributed by atoms with Gasteiger partial charge >= 0.3 is 5.97 Å². The Balaban J connectivity index is 2.48. The van der Waals surface area contributed by atoms with Crippen LogP contribution in [0.2, 0.25) is 0 Å². The molecule has 90 valence electrons. The number of Topliss-reactive ketones (excluding diaryl/α,β-unsaturated/α-hetero) is 1. The molecule has 0 saturated heterocycles. The van der Waals surface area contributed by atoms with Gasteiger partial charge in [0.15, 0.2) is 5.78 Å². The van der Waals surface area contributed by atoms with Gasteiger partial charge in [-0.05, 0) is 30.7 Å². The van der Waals surface area contributed by atoms with E-state index < -0.39 is 5.97 Å². The van der Waals surface area contributed by atoms with E-state index in [-0.39, 0.29) is 5.78 Å². The Bertz CT molecular complexity index is 500. The predicted octanol–water partition coefficient (Wildman–Crippen LogP) is 3.09. The smallest absolute Gasteiger partial charge is 0.328 e. The summed E-state index contributed by atoms with van der Waals surface area (Å²) in [5, 5.41) is 8.64. The summed E-state index contributed by atoms with van der Waals surface area (Å²) in [5.41, 5.74) is 1.87. The van der Waals surface area contributed by atoms with Crippen LogP contribution in [0.25, 0.3) is 6.08 Å². The highest BCUT2D eigenvalue weighted by atomic mass is 32.2.